The van der Waals surface area contributed by atoms with Gasteiger partial charge in [0.1, 0.15) is 22.6 Å². The largest absolute Gasteiger partial charge is 0.482 e. The number of fused-ring (bicyclic) bond motifs is 4. The zero-order valence-corrected chi connectivity index (χ0v) is 16.1. The number of aromatic nitrogens is 4. The molecular weight excluding hydrogens is 364 g/mol. The minimum absolute atomic E-state index is 0.541. The minimum atomic E-state index is 0.541. The molecule has 0 fully saturated rings. The normalized spacial score (nSPS) is 13.9. The Morgan fingerprint density at radius 3 is 2.52 bits per heavy atom. The Kier molecular flexibility index (Phi) is 4.13. The molecule has 7 nitrogen and oxygen atoms in total. The maximum absolute atomic E-state index is 5.16. The van der Waals surface area contributed by atoms with E-state index in [4.69, 9.17) is 14.7 Å². The summed E-state index contributed by atoms with van der Waals surface area (Å²) >= 11 is 0. The first-order valence-corrected chi connectivity index (χ1v) is 9.42. The quantitative estimate of drug-likeness (QED) is 0.268. The van der Waals surface area contributed by atoms with Crippen LogP contribution in [0.15, 0.2) is 64.8 Å². The SMILES string of the molecule is CCO/C=N\N=C1\c2ccccc2-c2nc3c(nc21)c(C)nn3-c1ccccc1. The third-order valence-corrected chi connectivity index (χ3v) is 4.78. The van der Waals surface area contributed by atoms with Crippen LogP contribution in [0.3, 0.4) is 0 Å². The fraction of sp³-hybridized carbons (Fsp3) is 0.136. The average molecular weight is 382 g/mol. The molecule has 142 valence electrons. The molecule has 5 rings (SSSR count). The van der Waals surface area contributed by atoms with Crippen molar-refractivity contribution in [2.75, 3.05) is 6.61 Å². The third-order valence-electron chi connectivity index (χ3n) is 4.78. The lowest BCUT2D eigenvalue weighted by Crippen LogP contribution is -2.03. The van der Waals surface area contributed by atoms with Crippen LogP contribution < -0.4 is 0 Å². The van der Waals surface area contributed by atoms with Gasteiger partial charge in [-0.15, -0.1) is 10.2 Å². The second-order valence-electron chi connectivity index (χ2n) is 6.60. The van der Waals surface area contributed by atoms with Crippen molar-refractivity contribution in [2.45, 2.75) is 13.8 Å². The van der Waals surface area contributed by atoms with Gasteiger partial charge >= 0.3 is 0 Å². The summed E-state index contributed by atoms with van der Waals surface area (Å²) in [5.74, 6) is 0. The van der Waals surface area contributed by atoms with E-state index in [1.807, 2.05) is 73.1 Å². The van der Waals surface area contributed by atoms with E-state index in [2.05, 4.69) is 15.3 Å². The van der Waals surface area contributed by atoms with Crippen LogP contribution in [0.1, 0.15) is 23.9 Å². The topological polar surface area (TPSA) is 77.6 Å². The molecule has 4 aromatic rings. The van der Waals surface area contributed by atoms with E-state index in [0.29, 0.717) is 18.0 Å². The van der Waals surface area contributed by atoms with Crippen LogP contribution >= 0.6 is 0 Å². The predicted molar refractivity (Wildman–Crippen MR) is 113 cm³/mol. The number of nitrogens with zero attached hydrogens (tertiary/aromatic N) is 6. The molecule has 1 aliphatic rings. The molecule has 0 unspecified atom stereocenters. The fourth-order valence-electron chi connectivity index (χ4n) is 3.48. The Bertz CT molecular complexity index is 1270. The third kappa shape index (κ3) is 2.79. The zero-order chi connectivity index (χ0) is 19.8. The van der Waals surface area contributed by atoms with Gasteiger partial charge in [0.05, 0.1) is 18.0 Å². The molecule has 2 heterocycles. The summed E-state index contributed by atoms with van der Waals surface area (Å²) in [5.41, 5.74) is 7.37. The average Bonchev–Trinajstić information content (AvgIpc) is 3.25. The number of aryl methyl sites for hydroxylation is 1. The molecule has 29 heavy (non-hydrogen) atoms. The van der Waals surface area contributed by atoms with Crippen molar-refractivity contribution in [2.24, 2.45) is 10.2 Å². The van der Waals surface area contributed by atoms with E-state index in [-0.39, 0.29) is 0 Å². The summed E-state index contributed by atoms with van der Waals surface area (Å²) in [6, 6.07) is 17.9. The minimum Gasteiger partial charge on any atom is -0.482 e. The van der Waals surface area contributed by atoms with Crippen LogP contribution in [-0.2, 0) is 4.74 Å². The maximum Gasteiger partial charge on any atom is 0.195 e. The van der Waals surface area contributed by atoms with E-state index >= 15 is 0 Å². The van der Waals surface area contributed by atoms with Gasteiger partial charge < -0.3 is 4.74 Å². The van der Waals surface area contributed by atoms with Crippen molar-refractivity contribution in [1.82, 2.24) is 19.7 Å². The van der Waals surface area contributed by atoms with Crippen molar-refractivity contribution >= 4 is 23.3 Å². The lowest BCUT2D eigenvalue weighted by atomic mass is 10.1. The standard InChI is InChI=1S/C22H18N6O/c1-3-29-13-23-26-20-17-12-8-7-11-16(17)19-21(20)24-18-14(2)27-28(22(18)25-19)15-9-5-4-6-10-15/h4-13H,3H2,1-2H3/b23-13-,26-20-. The maximum atomic E-state index is 5.16. The van der Waals surface area contributed by atoms with E-state index in [1.165, 1.54) is 6.40 Å². The highest BCUT2D eigenvalue weighted by Crippen LogP contribution is 2.36. The second kappa shape index (κ2) is 6.94. The first-order chi connectivity index (χ1) is 14.3. The van der Waals surface area contributed by atoms with Gasteiger partial charge in [0.2, 0.25) is 0 Å². The number of hydrogen-bond acceptors (Lipinski definition) is 6. The molecule has 2 aromatic carbocycles. The number of para-hydroxylation sites is 1. The van der Waals surface area contributed by atoms with Gasteiger partial charge in [0.25, 0.3) is 0 Å². The first-order valence-electron chi connectivity index (χ1n) is 9.42. The van der Waals surface area contributed by atoms with Crippen molar-refractivity contribution in [3.05, 3.63) is 71.5 Å². The molecular formula is C22H18N6O. The number of ether oxygens (including phenoxy) is 1. The van der Waals surface area contributed by atoms with Crippen molar-refractivity contribution in [3.8, 4) is 16.9 Å². The first kappa shape index (κ1) is 17.2. The van der Waals surface area contributed by atoms with Crippen LogP contribution in [0, 0.1) is 6.92 Å². The van der Waals surface area contributed by atoms with E-state index in [0.717, 1.165) is 39.4 Å². The molecule has 0 saturated heterocycles. The Morgan fingerprint density at radius 1 is 0.966 bits per heavy atom. The number of hydrogen-bond donors (Lipinski definition) is 0. The molecule has 2 aromatic heterocycles. The number of rotatable bonds is 4. The van der Waals surface area contributed by atoms with E-state index in [9.17, 15) is 0 Å². The van der Waals surface area contributed by atoms with Gasteiger partial charge in [-0.25, -0.2) is 14.6 Å². The van der Waals surface area contributed by atoms with Gasteiger partial charge in [-0.2, -0.15) is 5.10 Å². The molecule has 1 aliphatic carbocycles. The Morgan fingerprint density at radius 2 is 1.72 bits per heavy atom. The van der Waals surface area contributed by atoms with Crippen LogP contribution in [0.4, 0.5) is 0 Å². The van der Waals surface area contributed by atoms with Gasteiger partial charge in [-0.1, -0.05) is 42.5 Å². The summed E-state index contributed by atoms with van der Waals surface area (Å²) in [7, 11) is 0. The van der Waals surface area contributed by atoms with Gasteiger partial charge in [-0.05, 0) is 26.0 Å². The molecule has 0 radical (unpaired) electrons. The van der Waals surface area contributed by atoms with Gasteiger partial charge in [0.15, 0.2) is 12.0 Å². The van der Waals surface area contributed by atoms with Crippen LogP contribution in [0.2, 0.25) is 0 Å². The summed E-state index contributed by atoms with van der Waals surface area (Å²) in [5, 5.41) is 13.1. The molecule has 0 amide bonds. The summed E-state index contributed by atoms with van der Waals surface area (Å²) in [6.07, 6.45) is 1.35. The Balaban J connectivity index is 1.75. The fourth-order valence-corrected chi connectivity index (χ4v) is 3.48. The highest BCUT2D eigenvalue weighted by atomic mass is 16.5. The Labute approximate surface area is 167 Å². The summed E-state index contributed by atoms with van der Waals surface area (Å²) in [4.78, 5) is 9.87. The van der Waals surface area contributed by atoms with Crippen molar-refractivity contribution in [3.63, 3.8) is 0 Å². The molecule has 7 heteroatoms. The smallest absolute Gasteiger partial charge is 0.195 e. The van der Waals surface area contributed by atoms with Crippen LogP contribution in [0.25, 0.3) is 28.1 Å². The lowest BCUT2D eigenvalue weighted by molar-refractivity contribution is 0.342. The number of benzene rings is 2. The van der Waals surface area contributed by atoms with E-state index in [1.54, 1.807) is 0 Å². The van der Waals surface area contributed by atoms with Crippen LogP contribution in [0.5, 0.6) is 0 Å². The van der Waals surface area contributed by atoms with Crippen molar-refractivity contribution < 1.29 is 4.74 Å². The van der Waals surface area contributed by atoms with Gasteiger partial charge in [-0.3, -0.25) is 0 Å². The lowest BCUT2D eigenvalue weighted by Gasteiger charge is -2.04. The molecule has 0 atom stereocenters. The summed E-state index contributed by atoms with van der Waals surface area (Å²) in [6.45, 7) is 4.38. The predicted octanol–water partition coefficient (Wildman–Crippen LogP) is 3.92. The second-order valence-corrected chi connectivity index (χ2v) is 6.60. The van der Waals surface area contributed by atoms with Crippen molar-refractivity contribution in [1.29, 1.82) is 0 Å². The highest BCUT2D eigenvalue weighted by molar-refractivity contribution is 6.23. The molecule has 0 N–H and O–H groups in total. The highest BCUT2D eigenvalue weighted by Gasteiger charge is 2.30. The molecule has 0 bridgehead atoms. The van der Waals surface area contributed by atoms with Gasteiger partial charge in [0, 0.05) is 11.1 Å². The summed E-state index contributed by atoms with van der Waals surface area (Å²) < 4.78 is 7.00. The van der Waals surface area contributed by atoms with Crippen LogP contribution in [-0.4, -0.2) is 38.5 Å². The van der Waals surface area contributed by atoms with E-state index < -0.39 is 0 Å². The molecule has 0 aliphatic heterocycles. The monoisotopic (exact) mass is 382 g/mol. The molecule has 0 saturated carbocycles. The zero-order valence-electron chi connectivity index (χ0n) is 16.1. The molecule has 0 spiro atoms. The Hall–Kier alpha value is -3.87.